The van der Waals surface area contributed by atoms with Gasteiger partial charge in [0.25, 0.3) is 0 Å². The Bertz CT molecular complexity index is 401. The van der Waals surface area contributed by atoms with E-state index >= 15 is 0 Å². The zero-order valence-corrected chi connectivity index (χ0v) is 17.2. The Morgan fingerprint density at radius 2 is 1.30 bits per heavy atom. The van der Waals surface area contributed by atoms with E-state index in [1.54, 1.807) is 6.82 Å². The monoisotopic (exact) mass is 396 g/mol. The van der Waals surface area contributed by atoms with Crippen LogP contribution in [0.2, 0.25) is 6.82 Å². The van der Waals surface area contributed by atoms with Crippen molar-refractivity contribution in [2.24, 2.45) is 0 Å². The Morgan fingerprint density at radius 1 is 0.889 bits per heavy atom. The van der Waals surface area contributed by atoms with Crippen LogP contribution in [0.25, 0.3) is 0 Å². The summed E-state index contributed by atoms with van der Waals surface area (Å²) < 4.78 is 36.1. The van der Waals surface area contributed by atoms with E-state index in [0.29, 0.717) is 13.0 Å². The summed E-state index contributed by atoms with van der Waals surface area (Å²) in [4.78, 5) is 17.0. The van der Waals surface area contributed by atoms with Crippen LogP contribution in [-0.2, 0) is 4.79 Å². The number of carbonyl (C=O) groups excluding carboxylic acids is 1. The lowest BCUT2D eigenvalue weighted by molar-refractivity contribution is -0.173. The number of alkyl halides is 3. The number of rotatable bonds is 15. The molecular weight excluding hydrogens is 360 g/mol. The van der Waals surface area contributed by atoms with Gasteiger partial charge in [-0.15, -0.1) is 0 Å². The number of nitrogens with zero attached hydrogens (tertiary/aromatic N) is 3. The minimum absolute atomic E-state index is 0.0374. The van der Waals surface area contributed by atoms with E-state index in [4.69, 9.17) is 0 Å². The third-order valence-corrected chi connectivity index (χ3v) is 4.53. The van der Waals surface area contributed by atoms with Gasteiger partial charge >= 0.3 is 19.1 Å². The van der Waals surface area contributed by atoms with Gasteiger partial charge in [0.15, 0.2) is 0 Å². The van der Waals surface area contributed by atoms with Crippen LogP contribution < -0.4 is 5.32 Å². The quantitative estimate of drug-likeness (QED) is 0.325. The topological polar surface area (TPSA) is 59.1 Å². The first-order valence-corrected chi connectivity index (χ1v) is 9.64. The molecule has 1 amide bonds. The molecule has 10 heteroatoms. The number of halogens is 3. The van der Waals surface area contributed by atoms with E-state index in [-0.39, 0.29) is 6.54 Å². The summed E-state index contributed by atoms with van der Waals surface area (Å²) in [7, 11) is 5.55. The number of hydrogen-bond donors (Lipinski definition) is 2. The second-order valence-electron chi connectivity index (χ2n) is 7.24. The van der Waals surface area contributed by atoms with Crippen LogP contribution in [0, 0.1) is 0 Å². The predicted molar refractivity (Wildman–Crippen MR) is 104 cm³/mol. The predicted octanol–water partition coefficient (Wildman–Crippen LogP) is 1.52. The van der Waals surface area contributed by atoms with Crippen molar-refractivity contribution in [1.29, 1.82) is 0 Å². The standard InChI is InChI=1S/C17H36BF3N4O2/c1-18(27)25(4)15-8-7-13-23(2)11-5-6-12-24(3)14-9-10-22-16(26)17(19,20)21/h27H,5-15H2,1-4H3,(H,22,26). The Hall–Kier alpha value is -0.835. The summed E-state index contributed by atoms with van der Waals surface area (Å²) in [6.45, 7) is 6.28. The molecule has 27 heavy (non-hydrogen) atoms. The molecule has 160 valence electrons. The van der Waals surface area contributed by atoms with E-state index in [0.717, 1.165) is 51.9 Å². The van der Waals surface area contributed by atoms with E-state index < -0.39 is 19.1 Å². The van der Waals surface area contributed by atoms with Crippen molar-refractivity contribution < 1.29 is 23.0 Å². The molecule has 0 aromatic rings. The Labute approximate surface area is 162 Å². The lowest BCUT2D eigenvalue weighted by Gasteiger charge is -2.20. The highest BCUT2D eigenvalue weighted by Crippen LogP contribution is 2.13. The van der Waals surface area contributed by atoms with Crippen LogP contribution in [0.3, 0.4) is 0 Å². The molecule has 6 nitrogen and oxygen atoms in total. The zero-order chi connectivity index (χ0) is 20.9. The summed E-state index contributed by atoms with van der Waals surface area (Å²) in [6, 6.07) is 0. The molecule has 0 radical (unpaired) electrons. The lowest BCUT2D eigenvalue weighted by Crippen LogP contribution is -2.38. The second kappa shape index (κ2) is 14.2. The molecule has 0 aromatic carbocycles. The number of amides is 1. The van der Waals surface area contributed by atoms with Crippen molar-refractivity contribution in [3.8, 4) is 0 Å². The summed E-state index contributed by atoms with van der Waals surface area (Å²) in [5.41, 5.74) is 0. The third kappa shape index (κ3) is 14.8. The van der Waals surface area contributed by atoms with Crippen LogP contribution in [0.4, 0.5) is 13.2 Å². The fourth-order valence-electron chi connectivity index (χ4n) is 2.57. The van der Waals surface area contributed by atoms with Gasteiger partial charge in [-0.3, -0.25) is 4.79 Å². The highest BCUT2D eigenvalue weighted by molar-refractivity contribution is 6.45. The smallest absolute Gasteiger partial charge is 0.437 e. The van der Waals surface area contributed by atoms with Gasteiger partial charge in [0.1, 0.15) is 0 Å². The van der Waals surface area contributed by atoms with Gasteiger partial charge in [-0.1, -0.05) is 0 Å². The average Bonchev–Trinajstić information content (AvgIpc) is 2.57. The molecule has 0 fully saturated rings. The van der Waals surface area contributed by atoms with Crippen molar-refractivity contribution in [1.82, 2.24) is 19.9 Å². The number of unbranched alkanes of at least 4 members (excludes halogenated alkanes) is 2. The first-order chi connectivity index (χ1) is 12.5. The molecule has 0 rings (SSSR count). The average molecular weight is 396 g/mol. The van der Waals surface area contributed by atoms with E-state index in [1.165, 1.54) is 0 Å². The molecule has 0 heterocycles. The van der Waals surface area contributed by atoms with Crippen LogP contribution in [0.15, 0.2) is 0 Å². The van der Waals surface area contributed by atoms with Crippen molar-refractivity contribution in [3.63, 3.8) is 0 Å². The largest absolute Gasteiger partial charge is 0.471 e. The Kier molecular flexibility index (Phi) is 13.8. The maximum Gasteiger partial charge on any atom is 0.471 e. The Balaban J connectivity index is 3.56. The minimum atomic E-state index is -4.80. The van der Waals surface area contributed by atoms with Crippen LogP contribution >= 0.6 is 0 Å². The van der Waals surface area contributed by atoms with Crippen LogP contribution in [0.1, 0.15) is 32.1 Å². The SMILES string of the molecule is CB(O)N(C)CCCCN(C)CCCCN(C)CCCNC(=O)C(F)(F)F. The highest BCUT2D eigenvalue weighted by Gasteiger charge is 2.38. The molecule has 0 spiro atoms. The molecule has 0 aromatic heterocycles. The molecule has 0 saturated heterocycles. The Morgan fingerprint density at radius 3 is 1.70 bits per heavy atom. The first-order valence-electron chi connectivity index (χ1n) is 9.64. The molecule has 0 aliphatic carbocycles. The van der Waals surface area contributed by atoms with Gasteiger partial charge < -0.3 is 25.0 Å². The second-order valence-corrected chi connectivity index (χ2v) is 7.24. The summed E-state index contributed by atoms with van der Waals surface area (Å²) in [6.07, 6.45) is -0.0551. The normalized spacial score (nSPS) is 12.3. The minimum Gasteiger partial charge on any atom is -0.437 e. The van der Waals surface area contributed by atoms with E-state index in [2.05, 4.69) is 16.8 Å². The maximum atomic E-state index is 12.0. The van der Waals surface area contributed by atoms with Gasteiger partial charge in [0, 0.05) is 6.54 Å². The van der Waals surface area contributed by atoms with Crippen molar-refractivity contribution >= 4 is 13.0 Å². The highest BCUT2D eigenvalue weighted by atomic mass is 19.4. The molecule has 0 atom stereocenters. The summed E-state index contributed by atoms with van der Waals surface area (Å²) >= 11 is 0. The fraction of sp³-hybridized carbons (Fsp3) is 0.941. The van der Waals surface area contributed by atoms with E-state index in [1.807, 2.05) is 24.2 Å². The molecule has 0 unspecified atom stereocenters. The van der Waals surface area contributed by atoms with Gasteiger partial charge in [-0.05, 0) is 92.8 Å². The third-order valence-electron chi connectivity index (χ3n) is 4.53. The van der Waals surface area contributed by atoms with Crippen molar-refractivity contribution in [2.45, 2.75) is 45.1 Å². The molecule has 0 saturated carbocycles. The maximum absolute atomic E-state index is 12.0. The molecule has 0 aliphatic rings. The summed E-state index contributed by atoms with van der Waals surface area (Å²) in [5.74, 6) is -1.87. The van der Waals surface area contributed by atoms with Crippen LogP contribution in [0.5, 0.6) is 0 Å². The molecule has 0 aliphatic heterocycles. The van der Waals surface area contributed by atoms with Crippen LogP contribution in [-0.4, -0.2) is 99.2 Å². The molecular formula is C17H36BF3N4O2. The fourth-order valence-corrected chi connectivity index (χ4v) is 2.57. The van der Waals surface area contributed by atoms with Gasteiger partial charge in [-0.25, -0.2) is 0 Å². The molecule has 2 N–H and O–H groups in total. The van der Waals surface area contributed by atoms with Gasteiger partial charge in [0.05, 0.1) is 0 Å². The number of carbonyl (C=O) groups is 1. The van der Waals surface area contributed by atoms with Gasteiger partial charge in [0.2, 0.25) is 0 Å². The van der Waals surface area contributed by atoms with E-state index in [9.17, 15) is 23.0 Å². The van der Waals surface area contributed by atoms with Gasteiger partial charge in [-0.2, -0.15) is 13.2 Å². The molecule has 0 bridgehead atoms. The summed E-state index contributed by atoms with van der Waals surface area (Å²) in [5, 5.41) is 11.3. The van der Waals surface area contributed by atoms with Crippen molar-refractivity contribution in [2.75, 3.05) is 60.4 Å². The number of hydrogen-bond acceptors (Lipinski definition) is 5. The zero-order valence-electron chi connectivity index (χ0n) is 17.2. The number of nitrogens with one attached hydrogen (secondary N) is 1. The lowest BCUT2D eigenvalue weighted by atomic mass is 9.86. The van der Waals surface area contributed by atoms with Crippen molar-refractivity contribution in [3.05, 3.63) is 0 Å². The first kappa shape index (κ1) is 26.2.